The lowest BCUT2D eigenvalue weighted by Crippen LogP contribution is -2.44. The number of halogens is 1. The highest BCUT2D eigenvalue weighted by atomic mass is 35.5. The first kappa shape index (κ1) is 20.3. The third kappa shape index (κ3) is 5.07. The Morgan fingerprint density at radius 1 is 1.29 bits per heavy atom. The minimum absolute atomic E-state index is 0.0720. The molecule has 0 radical (unpaired) electrons. The molecule has 1 atom stereocenters. The lowest BCUT2D eigenvalue weighted by atomic mass is 10.1. The van der Waals surface area contributed by atoms with Crippen molar-refractivity contribution >= 4 is 40.9 Å². The number of hydrogen-bond donors (Lipinski definition) is 2. The number of rotatable bonds is 5. The van der Waals surface area contributed by atoms with Crippen LogP contribution in [0.1, 0.15) is 17.2 Å². The van der Waals surface area contributed by atoms with Crippen LogP contribution < -0.4 is 10.6 Å². The van der Waals surface area contributed by atoms with E-state index < -0.39 is 11.8 Å². The molecule has 2 amide bonds. The minimum Gasteiger partial charge on any atom is -0.472 e. The number of amides is 2. The highest BCUT2D eigenvalue weighted by Gasteiger charge is 2.25. The maximum Gasteiger partial charge on any atom is 0.313 e. The molecule has 1 aliphatic rings. The Bertz CT molecular complexity index is 876. The highest BCUT2D eigenvalue weighted by molar-refractivity contribution is 7.99. The van der Waals surface area contributed by atoms with E-state index in [0.717, 1.165) is 30.2 Å². The number of furan rings is 1. The summed E-state index contributed by atoms with van der Waals surface area (Å²) in [7, 11) is 0. The molecule has 0 unspecified atom stereocenters. The molecule has 9 heteroatoms. The fraction of sp³-hybridized carbons (Fsp3) is 0.316. The average Bonchev–Trinajstić information content (AvgIpc) is 3.23. The number of nitrogens with one attached hydrogen (secondary N) is 2. The summed E-state index contributed by atoms with van der Waals surface area (Å²) >= 11 is 7.80. The topological polar surface area (TPSA) is 98.4 Å². The largest absolute Gasteiger partial charge is 0.472 e. The van der Waals surface area contributed by atoms with Crippen molar-refractivity contribution in [2.45, 2.75) is 6.04 Å². The third-order valence-corrected chi connectivity index (χ3v) is 5.60. The monoisotopic (exact) mass is 418 g/mol. The van der Waals surface area contributed by atoms with Crippen LogP contribution in [0.3, 0.4) is 0 Å². The molecule has 0 aliphatic carbocycles. The molecule has 1 aromatic heterocycles. The van der Waals surface area contributed by atoms with E-state index >= 15 is 0 Å². The fourth-order valence-electron chi connectivity index (χ4n) is 2.98. The summed E-state index contributed by atoms with van der Waals surface area (Å²) < 4.78 is 5.19. The zero-order valence-electron chi connectivity index (χ0n) is 15.0. The van der Waals surface area contributed by atoms with Crippen molar-refractivity contribution in [3.8, 4) is 6.07 Å². The van der Waals surface area contributed by atoms with Gasteiger partial charge < -0.3 is 15.1 Å². The third-order valence-electron chi connectivity index (χ3n) is 4.43. The van der Waals surface area contributed by atoms with E-state index in [1.807, 2.05) is 23.9 Å². The molecule has 3 rings (SSSR count). The van der Waals surface area contributed by atoms with Gasteiger partial charge in [0, 0.05) is 41.7 Å². The highest BCUT2D eigenvalue weighted by Crippen LogP contribution is 2.24. The second-order valence-corrected chi connectivity index (χ2v) is 7.85. The number of anilines is 1. The summed E-state index contributed by atoms with van der Waals surface area (Å²) in [5.41, 5.74) is 1.39. The zero-order chi connectivity index (χ0) is 19.9. The van der Waals surface area contributed by atoms with Gasteiger partial charge in [0.05, 0.1) is 29.8 Å². The van der Waals surface area contributed by atoms with Crippen LogP contribution in [0.5, 0.6) is 0 Å². The van der Waals surface area contributed by atoms with Gasteiger partial charge in [-0.15, -0.1) is 0 Å². The molecular formula is C19H19ClN4O3S. The van der Waals surface area contributed by atoms with Crippen molar-refractivity contribution in [3.63, 3.8) is 0 Å². The Balaban J connectivity index is 1.63. The maximum absolute atomic E-state index is 12.3. The smallest absolute Gasteiger partial charge is 0.313 e. The van der Waals surface area contributed by atoms with Crippen molar-refractivity contribution in [2.75, 3.05) is 36.5 Å². The maximum atomic E-state index is 12.3. The number of carbonyl (C=O) groups excluding carboxylic acids is 2. The normalized spacial score (nSPS) is 15.4. The molecule has 0 spiro atoms. The molecular weight excluding hydrogens is 400 g/mol. The Morgan fingerprint density at radius 2 is 2.07 bits per heavy atom. The van der Waals surface area contributed by atoms with E-state index in [1.165, 1.54) is 12.1 Å². The second kappa shape index (κ2) is 9.64. The summed E-state index contributed by atoms with van der Waals surface area (Å²) in [5.74, 6) is 0.422. The van der Waals surface area contributed by atoms with E-state index in [1.54, 1.807) is 18.6 Å². The minimum atomic E-state index is -0.848. The van der Waals surface area contributed by atoms with Gasteiger partial charge in [-0.2, -0.15) is 17.0 Å². The van der Waals surface area contributed by atoms with Crippen molar-refractivity contribution < 1.29 is 14.0 Å². The lowest BCUT2D eigenvalue weighted by molar-refractivity contribution is -0.136. The Hall–Kier alpha value is -2.47. The summed E-state index contributed by atoms with van der Waals surface area (Å²) in [4.78, 5) is 26.8. The molecule has 0 saturated carbocycles. The SMILES string of the molecule is N#Cc1ccc(Cl)cc1NC(=O)C(=O)NC[C@H](c1ccoc1)N1CCSCC1. The molecule has 1 fully saturated rings. The molecule has 1 aliphatic heterocycles. The average molecular weight is 419 g/mol. The van der Waals surface area contributed by atoms with Gasteiger partial charge in [-0.1, -0.05) is 11.6 Å². The molecule has 7 nitrogen and oxygen atoms in total. The number of nitrogens with zero attached hydrogens (tertiary/aromatic N) is 2. The van der Waals surface area contributed by atoms with Crippen molar-refractivity contribution in [1.82, 2.24) is 10.2 Å². The van der Waals surface area contributed by atoms with Gasteiger partial charge in [0.15, 0.2) is 0 Å². The molecule has 2 N–H and O–H groups in total. The Kier molecular flexibility index (Phi) is 6.98. The molecule has 0 bridgehead atoms. The van der Waals surface area contributed by atoms with Gasteiger partial charge in [-0.3, -0.25) is 14.5 Å². The van der Waals surface area contributed by atoms with E-state index in [0.29, 0.717) is 5.02 Å². The van der Waals surface area contributed by atoms with Crippen LogP contribution in [-0.2, 0) is 9.59 Å². The van der Waals surface area contributed by atoms with Gasteiger partial charge in [-0.05, 0) is 24.3 Å². The molecule has 2 heterocycles. The number of carbonyl (C=O) groups is 2. The summed E-state index contributed by atoms with van der Waals surface area (Å²) in [6.07, 6.45) is 3.25. The van der Waals surface area contributed by atoms with Gasteiger partial charge in [-0.25, -0.2) is 0 Å². The van der Waals surface area contributed by atoms with Gasteiger partial charge in [0.25, 0.3) is 0 Å². The predicted octanol–water partition coefficient (Wildman–Crippen LogP) is 2.65. The summed E-state index contributed by atoms with van der Waals surface area (Å²) in [6, 6.07) is 8.21. The first-order valence-corrected chi connectivity index (χ1v) is 10.2. The fourth-order valence-corrected chi connectivity index (χ4v) is 4.08. The first-order valence-electron chi connectivity index (χ1n) is 8.71. The molecule has 28 heavy (non-hydrogen) atoms. The van der Waals surface area contributed by atoms with Crippen LogP contribution in [0.4, 0.5) is 5.69 Å². The van der Waals surface area contributed by atoms with E-state index in [4.69, 9.17) is 21.3 Å². The summed E-state index contributed by atoms with van der Waals surface area (Å²) in [5, 5.41) is 14.6. The van der Waals surface area contributed by atoms with Crippen molar-refractivity contribution in [3.05, 3.63) is 52.9 Å². The second-order valence-electron chi connectivity index (χ2n) is 6.19. The van der Waals surface area contributed by atoms with E-state index in [2.05, 4.69) is 15.5 Å². The van der Waals surface area contributed by atoms with Crippen molar-refractivity contribution in [1.29, 1.82) is 5.26 Å². The van der Waals surface area contributed by atoms with Crippen LogP contribution in [-0.4, -0.2) is 47.9 Å². The van der Waals surface area contributed by atoms with Crippen LogP contribution in [0.25, 0.3) is 0 Å². The molecule has 2 aromatic rings. The lowest BCUT2D eigenvalue weighted by Gasteiger charge is -2.33. The predicted molar refractivity (Wildman–Crippen MR) is 108 cm³/mol. The van der Waals surface area contributed by atoms with Gasteiger partial charge in [0.2, 0.25) is 0 Å². The molecule has 1 aromatic carbocycles. The van der Waals surface area contributed by atoms with Gasteiger partial charge in [0.1, 0.15) is 6.07 Å². The Morgan fingerprint density at radius 3 is 2.75 bits per heavy atom. The number of nitriles is 1. The molecule has 1 saturated heterocycles. The Labute approximate surface area is 172 Å². The van der Waals surface area contributed by atoms with Crippen LogP contribution in [0.2, 0.25) is 5.02 Å². The summed E-state index contributed by atoms with van der Waals surface area (Å²) in [6.45, 7) is 2.07. The quantitative estimate of drug-likeness (QED) is 0.724. The number of hydrogen-bond acceptors (Lipinski definition) is 6. The van der Waals surface area contributed by atoms with E-state index in [9.17, 15) is 9.59 Å². The van der Waals surface area contributed by atoms with E-state index in [-0.39, 0.29) is 23.8 Å². The number of thioether (sulfide) groups is 1. The first-order chi connectivity index (χ1) is 13.6. The van der Waals surface area contributed by atoms with Gasteiger partial charge >= 0.3 is 11.8 Å². The van der Waals surface area contributed by atoms with Crippen molar-refractivity contribution in [2.24, 2.45) is 0 Å². The van der Waals surface area contributed by atoms with Crippen LogP contribution in [0, 0.1) is 11.3 Å². The van der Waals surface area contributed by atoms with Crippen LogP contribution in [0.15, 0.2) is 41.2 Å². The zero-order valence-corrected chi connectivity index (χ0v) is 16.6. The standard InChI is InChI=1S/C19H19ClN4O3S/c20-15-2-1-13(10-21)16(9-15)23-19(26)18(25)22-11-17(14-3-6-27-12-14)24-4-7-28-8-5-24/h1-3,6,9,12,17H,4-5,7-8,11H2,(H,22,25)(H,23,26)/t17-/m1/s1. The van der Waals surface area contributed by atoms with Crippen LogP contribution >= 0.6 is 23.4 Å². The molecule has 146 valence electrons. The number of benzene rings is 1.